The maximum atomic E-state index is 12.8. The molecule has 0 bridgehead atoms. The average Bonchev–Trinajstić information content (AvgIpc) is 2.46. The van der Waals surface area contributed by atoms with Crippen LogP contribution in [0.2, 0.25) is 0 Å². The van der Waals surface area contributed by atoms with Gasteiger partial charge in [-0.25, -0.2) is 0 Å². The molecule has 0 radical (unpaired) electrons. The van der Waals surface area contributed by atoms with E-state index in [9.17, 15) is 4.79 Å². The average molecular weight is 288 g/mol. The summed E-state index contributed by atoms with van der Waals surface area (Å²) in [5, 5.41) is 0. The Morgan fingerprint density at radius 2 is 1.67 bits per heavy atom. The van der Waals surface area contributed by atoms with Crippen LogP contribution in [0.25, 0.3) is 0 Å². The fourth-order valence-corrected chi connectivity index (χ4v) is 3.29. The second-order valence-electron chi connectivity index (χ2n) is 6.88. The molecule has 1 aliphatic carbocycles. The standard InChI is InChI=1S/C19H28O2/c1-13(2)15-9-11-16(12-10-15)19(20)17-7-5-6-8-18(17)21-14(3)4/h5-8,13-16H,9-12H2,1-4H3. The summed E-state index contributed by atoms with van der Waals surface area (Å²) >= 11 is 0. The lowest BCUT2D eigenvalue weighted by molar-refractivity contribution is 0.0853. The maximum Gasteiger partial charge on any atom is 0.169 e. The summed E-state index contributed by atoms with van der Waals surface area (Å²) in [5.74, 6) is 2.71. The van der Waals surface area contributed by atoms with Gasteiger partial charge in [-0.2, -0.15) is 0 Å². The van der Waals surface area contributed by atoms with Crippen molar-refractivity contribution in [2.45, 2.75) is 59.5 Å². The van der Waals surface area contributed by atoms with Crippen molar-refractivity contribution in [1.82, 2.24) is 0 Å². The number of hydrogen-bond donors (Lipinski definition) is 0. The van der Waals surface area contributed by atoms with Crippen molar-refractivity contribution >= 4 is 5.78 Å². The van der Waals surface area contributed by atoms with E-state index in [0.29, 0.717) is 0 Å². The Kier molecular flexibility index (Phi) is 5.44. The lowest BCUT2D eigenvalue weighted by Crippen LogP contribution is -2.24. The molecule has 0 saturated heterocycles. The number of carbonyl (C=O) groups is 1. The Bertz CT molecular complexity index is 468. The highest BCUT2D eigenvalue weighted by atomic mass is 16.5. The monoisotopic (exact) mass is 288 g/mol. The molecule has 2 nitrogen and oxygen atoms in total. The van der Waals surface area contributed by atoms with Gasteiger partial charge < -0.3 is 4.74 Å². The quantitative estimate of drug-likeness (QED) is 0.703. The summed E-state index contributed by atoms with van der Waals surface area (Å²) in [5.41, 5.74) is 0.763. The molecular formula is C19H28O2. The fraction of sp³-hybridized carbons (Fsp3) is 0.632. The predicted molar refractivity (Wildman–Crippen MR) is 86.8 cm³/mol. The number of rotatable bonds is 5. The number of ketones is 1. The van der Waals surface area contributed by atoms with E-state index in [1.807, 2.05) is 38.1 Å². The summed E-state index contributed by atoms with van der Waals surface area (Å²) in [6, 6.07) is 7.69. The minimum absolute atomic E-state index is 0.0932. The Hall–Kier alpha value is -1.31. The Morgan fingerprint density at radius 1 is 1.05 bits per heavy atom. The molecular weight excluding hydrogens is 260 g/mol. The molecule has 1 saturated carbocycles. The summed E-state index contributed by atoms with van der Waals surface area (Å²) in [4.78, 5) is 12.8. The first kappa shape index (κ1) is 16.1. The van der Waals surface area contributed by atoms with Crippen LogP contribution in [-0.2, 0) is 0 Å². The van der Waals surface area contributed by atoms with Gasteiger partial charge in [0.1, 0.15) is 5.75 Å². The number of benzene rings is 1. The van der Waals surface area contributed by atoms with Gasteiger partial charge in [0, 0.05) is 5.92 Å². The van der Waals surface area contributed by atoms with Crippen molar-refractivity contribution in [3.8, 4) is 5.75 Å². The van der Waals surface area contributed by atoms with Crippen LogP contribution >= 0.6 is 0 Å². The van der Waals surface area contributed by atoms with Gasteiger partial charge in [-0.3, -0.25) is 4.79 Å². The van der Waals surface area contributed by atoms with Crippen molar-refractivity contribution in [2.75, 3.05) is 0 Å². The van der Waals surface area contributed by atoms with E-state index in [0.717, 1.165) is 36.0 Å². The highest BCUT2D eigenvalue weighted by molar-refractivity contribution is 6.00. The van der Waals surface area contributed by atoms with E-state index in [2.05, 4.69) is 13.8 Å². The molecule has 0 N–H and O–H groups in total. The largest absolute Gasteiger partial charge is 0.490 e. The topological polar surface area (TPSA) is 26.3 Å². The molecule has 0 amide bonds. The van der Waals surface area contributed by atoms with E-state index < -0.39 is 0 Å². The van der Waals surface area contributed by atoms with Gasteiger partial charge in [-0.15, -0.1) is 0 Å². The number of ether oxygens (including phenoxy) is 1. The molecule has 0 atom stereocenters. The minimum atomic E-state index is 0.0932. The molecule has 116 valence electrons. The lowest BCUT2D eigenvalue weighted by Gasteiger charge is -2.30. The van der Waals surface area contributed by atoms with E-state index in [-0.39, 0.29) is 17.8 Å². The summed E-state index contributed by atoms with van der Waals surface area (Å²) in [6.07, 6.45) is 4.51. The zero-order valence-electron chi connectivity index (χ0n) is 13.8. The zero-order valence-corrected chi connectivity index (χ0v) is 13.8. The number of carbonyl (C=O) groups excluding carboxylic acids is 1. The Morgan fingerprint density at radius 3 is 2.24 bits per heavy atom. The van der Waals surface area contributed by atoms with Gasteiger partial charge in [0.2, 0.25) is 0 Å². The van der Waals surface area contributed by atoms with Gasteiger partial charge in [0.05, 0.1) is 11.7 Å². The number of para-hydroxylation sites is 1. The predicted octanol–water partition coefficient (Wildman–Crippen LogP) is 5.12. The molecule has 0 aliphatic heterocycles. The first-order valence-corrected chi connectivity index (χ1v) is 8.29. The van der Waals surface area contributed by atoms with E-state index in [1.54, 1.807) is 0 Å². The Balaban J connectivity index is 2.07. The van der Waals surface area contributed by atoms with Crippen LogP contribution in [0.5, 0.6) is 5.75 Å². The molecule has 0 aromatic heterocycles. The van der Waals surface area contributed by atoms with E-state index in [4.69, 9.17) is 4.74 Å². The molecule has 1 aromatic rings. The fourth-order valence-electron chi connectivity index (χ4n) is 3.29. The van der Waals surface area contributed by atoms with Crippen molar-refractivity contribution in [3.05, 3.63) is 29.8 Å². The normalized spacial score (nSPS) is 22.6. The molecule has 2 heteroatoms. The molecule has 1 aromatic carbocycles. The van der Waals surface area contributed by atoms with Crippen molar-refractivity contribution in [1.29, 1.82) is 0 Å². The SMILES string of the molecule is CC(C)Oc1ccccc1C(=O)C1CCC(C(C)C)CC1. The molecule has 1 aliphatic rings. The third kappa shape index (κ3) is 4.09. The Labute approximate surface area is 128 Å². The number of Topliss-reactive ketones (excluding diaryl/α,β-unsaturated/α-hetero) is 1. The highest BCUT2D eigenvalue weighted by Crippen LogP contribution is 2.36. The molecule has 1 fully saturated rings. The van der Waals surface area contributed by atoms with Gasteiger partial charge in [-0.05, 0) is 63.5 Å². The van der Waals surface area contributed by atoms with Crippen LogP contribution in [0.15, 0.2) is 24.3 Å². The van der Waals surface area contributed by atoms with Gasteiger partial charge in [0.25, 0.3) is 0 Å². The van der Waals surface area contributed by atoms with Gasteiger partial charge in [0.15, 0.2) is 5.78 Å². The van der Waals surface area contributed by atoms with Crippen LogP contribution in [0.4, 0.5) is 0 Å². The molecule has 0 unspecified atom stereocenters. The van der Waals surface area contributed by atoms with E-state index >= 15 is 0 Å². The van der Waals surface area contributed by atoms with Crippen LogP contribution in [0.1, 0.15) is 63.7 Å². The van der Waals surface area contributed by atoms with Crippen LogP contribution < -0.4 is 4.74 Å². The summed E-state index contributed by atoms with van der Waals surface area (Å²) in [7, 11) is 0. The lowest BCUT2D eigenvalue weighted by atomic mass is 9.74. The van der Waals surface area contributed by atoms with Crippen molar-refractivity contribution in [2.24, 2.45) is 17.8 Å². The van der Waals surface area contributed by atoms with Crippen molar-refractivity contribution in [3.63, 3.8) is 0 Å². The first-order chi connectivity index (χ1) is 9.99. The molecule has 0 heterocycles. The van der Waals surface area contributed by atoms with Crippen LogP contribution in [0.3, 0.4) is 0 Å². The molecule has 21 heavy (non-hydrogen) atoms. The van der Waals surface area contributed by atoms with Gasteiger partial charge in [-0.1, -0.05) is 26.0 Å². The van der Waals surface area contributed by atoms with Crippen LogP contribution in [0, 0.1) is 17.8 Å². The third-order valence-corrected chi connectivity index (χ3v) is 4.60. The number of hydrogen-bond acceptors (Lipinski definition) is 2. The van der Waals surface area contributed by atoms with Crippen molar-refractivity contribution < 1.29 is 9.53 Å². The second-order valence-corrected chi connectivity index (χ2v) is 6.88. The van der Waals surface area contributed by atoms with E-state index in [1.165, 1.54) is 12.8 Å². The smallest absolute Gasteiger partial charge is 0.169 e. The summed E-state index contributed by atoms with van der Waals surface area (Å²) in [6.45, 7) is 8.57. The minimum Gasteiger partial charge on any atom is -0.490 e. The molecule has 2 rings (SSSR count). The van der Waals surface area contributed by atoms with Crippen LogP contribution in [-0.4, -0.2) is 11.9 Å². The highest BCUT2D eigenvalue weighted by Gasteiger charge is 2.29. The first-order valence-electron chi connectivity index (χ1n) is 8.29. The summed E-state index contributed by atoms with van der Waals surface area (Å²) < 4.78 is 5.80. The third-order valence-electron chi connectivity index (χ3n) is 4.60. The maximum absolute atomic E-state index is 12.8. The zero-order chi connectivity index (χ0) is 15.4. The molecule has 0 spiro atoms. The second kappa shape index (κ2) is 7.11. The van der Waals surface area contributed by atoms with Gasteiger partial charge >= 0.3 is 0 Å².